The predicted molar refractivity (Wildman–Crippen MR) is 115 cm³/mol. The molecule has 3 rings (SSSR count). The third kappa shape index (κ3) is 6.02. The highest BCUT2D eigenvalue weighted by atomic mass is 32.2. The Kier molecular flexibility index (Phi) is 6.62. The Hall–Kier alpha value is -2.47. The van der Waals surface area contributed by atoms with Crippen molar-refractivity contribution < 1.29 is 9.53 Å². The Morgan fingerprint density at radius 1 is 1.11 bits per heavy atom. The predicted octanol–water partition coefficient (Wildman–Crippen LogP) is 5.48. The number of nitrogens with zero attached hydrogens (tertiary/aromatic N) is 2. The smallest absolute Gasteiger partial charge is 0.410 e. The fraction of sp³-hybridized carbons (Fsp3) is 0.364. The van der Waals surface area contributed by atoms with E-state index in [9.17, 15) is 4.79 Å². The molecule has 0 bridgehead atoms. The number of nitrogens with one attached hydrogen (secondary N) is 1. The number of ether oxygens (including phenoxy) is 1. The molecule has 0 spiro atoms. The number of aromatic amines is 1. The summed E-state index contributed by atoms with van der Waals surface area (Å²) >= 11 is 1.67. The minimum absolute atomic E-state index is 0.273. The quantitative estimate of drug-likeness (QED) is 0.423. The summed E-state index contributed by atoms with van der Waals surface area (Å²) in [5.74, 6) is 0.869. The van der Waals surface area contributed by atoms with Gasteiger partial charge in [0.25, 0.3) is 0 Å². The fourth-order valence-corrected chi connectivity index (χ4v) is 3.60. The van der Waals surface area contributed by atoms with Crippen molar-refractivity contribution in [3.05, 3.63) is 60.2 Å². The second kappa shape index (κ2) is 9.15. The van der Waals surface area contributed by atoms with Gasteiger partial charge in [-0.05, 0) is 44.9 Å². The summed E-state index contributed by atoms with van der Waals surface area (Å²) in [5.41, 5.74) is 2.61. The van der Waals surface area contributed by atoms with E-state index >= 15 is 0 Å². The third-order valence-electron chi connectivity index (χ3n) is 4.05. The lowest BCUT2D eigenvalue weighted by Crippen LogP contribution is -2.37. The molecule has 0 saturated heterocycles. The van der Waals surface area contributed by atoms with Crippen molar-refractivity contribution in [1.82, 2.24) is 14.9 Å². The van der Waals surface area contributed by atoms with Crippen molar-refractivity contribution in [1.29, 1.82) is 0 Å². The van der Waals surface area contributed by atoms with E-state index in [1.165, 1.54) is 0 Å². The second-order valence-electron chi connectivity index (χ2n) is 7.65. The number of carbonyl (C=O) groups is 1. The summed E-state index contributed by atoms with van der Waals surface area (Å²) in [5, 5.41) is 0.910. The van der Waals surface area contributed by atoms with E-state index in [-0.39, 0.29) is 6.09 Å². The van der Waals surface area contributed by atoms with E-state index < -0.39 is 5.60 Å². The van der Waals surface area contributed by atoms with E-state index in [1.54, 1.807) is 16.7 Å². The monoisotopic (exact) mass is 397 g/mol. The molecule has 1 N–H and O–H groups in total. The summed E-state index contributed by atoms with van der Waals surface area (Å²) in [7, 11) is 0. The van der Waals surface area contributed by atoms with Gasteiger partial charge in [0.05, 0.1) is 11.0 Å². The van der Waals surface area contributed by atoms with Crippen LogP contribution >= 0.6 is 11.8 Å². The largest absolute Gasteiger partial charge is 0.444 e. The van der Waals surface area contributed by atoms with E-state index in [4.69, 9.17) is 4.74 Å². The Balaban J connectivity index is 1.56. The van der Waals surface area contributed by atoms with Crippen molar-refractivity contribution >= 4 is 28.9 Å². The van der Waals surface area contributed by atoms with Crippen LogP contribution in [0.15, 0.2) is 59.8 Å². The average molecular weight is 398 g/mol. The molecule has 0 atom stereocenters. The number of hydrogen-bond acceptors (Lipinski definition) is 4. The number of thioether (sulfide) groups is 1. The Labute approximate surface area is 170 Å². The molecule has 148 valence electrons. The summed E-state index contributed by atoms with van der Waals surface area (Å²) in [6.45, 7) is 6.86. The molecule has 0 fully saturated rings. The first-order valence-electron chi connectivity index (χ1n) is 9.50. The van der Waals surface area contributed by atoms with Gasteiger partial charge < -0.3 is 14.6 Å². The zero-order valence-corrected chi connectivity index (χ0v) is 17.5. The lowest BCUT2D eigenvalue weighted by atomic mass is 10.2. The van der Waals surface area contributed by atoms with Crippen molar-refractivity contribution in [3.63, 3.8) is 0 Å². The Morgan fingerprint density at radius 3 is 2.54 bits per heavy atom. The van der Waals surface area contributed by atoms with Gasteiger partial charge >= 0.3 is 6.09 Å². The normalized spacial score (nSPS) is 11.5. The molecule has 3 aromatic rings. The van der Waals surface area contributed by atoms with Crippen molar-refractivity contribution in [2.45, 2.75) is 44.5 Å². The summed E-state index contributed by atoms with van der Waals surface area (Å²) in [6.07, 6.45) is 0.582. The number of carbonyl (C=O) groups excluding carboxylic acids is 1. The van der Waals surface area contributed by atoms with Crippen LogP contribution in [0.1, 0.15) is 32.8 Å². The summed E-state index contributed by atoms with van der Waals surface area (Å²) < 4.78 is 5.59. The van der Waals surface area contributed by atoms with Crippen LogP contribution in [0.2, 0.25) is 0 Å². The maximum absolute atomic E-state index is 12.6. The van der Waals surface area contributed by atoms with Gasteiger partial charge in [0, 0.05) is 18.8 Å². The number of para-hydroxylation sites is 2. The fourth-order valence-electron chi connectivity index (χ4n) is 2.79. The molecule has 1 aromatic heterocycles. The number of imidazole rings is 1. The third-order valence-corrected chi connectivity index (χ3v) is 5.01. The summed E-state index contributed by atoms with van der Waals surface area (Å²) in [4.78, 5) is 22.3. The van der Waals surface area contributed by atoms with Gasteiger partial charge in [0.1, 0.15) is 5.60 Å². The molecule has 0 aliphatic rings. The molecular formula is C22H27N3O2S. The van der Waals surface area contributed by atoms with Crippen LogP contribution in [0.5, 0.6) is 0 Å². The van der Waals surface area contributed by atoms with Gasteiger partial charge in [0.15, 0.2) is 5.16 Å². The van der Waals surface area contributed by atoms with Crippen molar-refractivity contribution in [2.24, 2.45) is 0 Å². The van der Waals surface area contributed by atoms with Crippen LogP contribution in [0.25, 0.3) is 11.0 Å². The first-order chi connectivity index (χ1) is 13.4. The van der Waals surface area contributed by atoms with Crippen LogP contribution in [0.4, 0.5) is 4.79 Å². The molecule has 0 aliphatic heterocycles. The average Bonchev–Trinajstić information content (AvgIpc) is 3.06. The number of fused-ring (bicyclic) bond motifs is 1. The molecule has 0 aliphatic carbocycles. The van der Waals surface area contributed by atoms with Gasteiger partial charge in [-0.3, -0.25) is 0 Å². The van der Waals surface area contributed by atoms with Crippen LogP contribution in [0.3, 0.4) is 0 Å². The van der Waals surface area contributed by atoms with Gasteiger partial charge in [0.2, 0.25) is 0 Å². The number of rotatable bonds is 7. The SMILES string of the molecule is CC(C)(C)OC(=O)N(CCCSc1nc2ccccc2[nH]1)Cc1ccccc1. The standard InChI is InChI=1S/C22H27N3O2S/c1-22(2,3)27-21(26)25(16-17-10-5-4-6-11-17)14-9-15-28-20-23-18-12-7-8-13-19(18)24-20/h4-8,10-13H,9,14-16H2,1-3H3,(H,23,24). The molecular weight excluding hydrogens is 370 g/mol. The highest BCUT2D eigenvalue weighted by molar-refractivity contribution is 7.99. The highest BCUT2D eigenvalue weighted by Gasteiger charge is 2.22. The van der Waals surface area contributed by atoms with Gasteiger partial charge in [-0.2, -0.15) is 0 Å². The number of H-pyrrole nitrogens is 1. The first-order valence-corrected chi connectivity index (χ1v) is 10.5. The lowest BCUT2D eigenvalue weighted by Gasteiger charge is -2.27. The van der Waals surface area contributed by atoms with E-state index in [1.807, 2.05) is 75.4 Å². The zero-order chi connectivity index (χ0) is 20.0. The number of aromatic nitrogens is 2. The molecule has 0 radical (unpaired) electrons. The van der Waals surface area contributed by atoms with Crippen LogP contribution in [0, 0.1) is 0 Å². The zero-order valence-electron chi connectivity index (χ0n) is 16.6. The van der Waals surface area contributed by atoms with E-state index in [0.29, 0.717) is 13.1 Å². The molecule has 0 saturated carbocycles. The second-order valence-corrected chi connectivity index (χ2v) is 8.73. The molecule has 1 heterocycles. The van der Waals surface area contributed by atoms with Gasteiger partial charge in [-0.25, -0.2) is 9.78 Å². The molecule has 1 amide bonds. The first kappa shape index (κ1) is 20.3. The van der Waals surface area contributed by atoms with Gasteiger partial charge in [-0.1, -0.05) is 54.2 Å². The molecule has 28 heavy (non-hydrogen) atoms. The van der Waals surface area contributed by atoms with Crippen LogP contribution in [-0.4, -0.2) is 38.9 Å². The minimum Gasteiger partial charge on any atom is -0.444 e. The van der Waals surface area contributed by atoms with Crippen LogP contribution in [-0.2, 0) is 11.3 Å². The number of hydrogen-bond donors (Lipinski definition) is 1. The van der Waals surface area contributed by atoms with Crippen LogP contribution < -0.4 is 0 Å². The van der Waals surface area contributed by atoms with Gasteiger partial charge in [-0.15, -0.1) is 0 Å². The maximum Gasteiger partial charge on any atom is 0.410 e. The van der Waals surface area contributed by atoms with E-state index in [2.05, 4.69) is 9.97 Å². The lowest BCUT2D eigenvalue weighted by molar-refractivity contribution is 0.0234. The maximum atomic E-state index is 12.6. The summed E-state index contributed by atoms with van der Waals surface area (Å²) in [6, 6.07) is 18.0. The number of amides is 1. The highest BCUT2D eigenvalue weighted by Crippen LogP contribution is 2.20. The Bertz CT molecular complexity index is 870. The molecule has 2 aromatic carbocycles. The molecule has 0 unspecified atom stereocenters. The minimum atomic E-state index is -0.505. The topological polar surface area (TPSA) is 58.2 Å². The molecule has 5 nitrogen and oxygen atoms in total. The number of benzene rings is 2. The van der Waals surface area contributed by atoms with Crippen molar-refractivity contribution in [3.8, 4) is 0 Å². The van der Waals surface area contributed by atoms with Crippen molar-refractivity contribution in [2.75, 3.05) is 12.3 Å². The van der Waals surface area contributed by atoms with E-state index in [0.717, 1.165) is 33.9 Å². The Morgan fingerprint density at radius 2 is 1.82 bits per heavy atom. The molecule has 6 heteroatoms.